The number of amides is 1. The standard InChI is InChI=1S/C20H30N4O4S/c1-4-22-17-8-5-6-9-18(17)24(20(22)26)14-19(25)23(12-7-11-21(2)3)16-10-13-29(27,28)15-16/h5-6,8-9,16H,4,7,10-15H2,1-3H3. The first-order chi connectivity index (χ1) is 13.7. The number of para-hydroxylation sites is 2. The molecule has 1 aliphatic heterocycles. The van der Waals surface area contributed by atoms with Crippen LogP contribution in [0.5, 0.6) is 0 Å². The zero-order valence-electron chi connectivity index (χ0n) is 17.4. The van der Waals surface area contributed by atoms with Crippen LogP contribution in [0.15, 0.2) is 29.1 Å². The number of carbonyl (C=O) groups excluding carboxylic acids is 1. The van der Waals surface area contributed by atoms with Crippen LogP contribution in [0.2, 0.25) is 0 Å². The van der Waals surface area contributed by atoms with Gasteiger partial charge in [-0.3, -0.25) is 13.9 Å². The molecule has 8 nitrogen and oxygen atoms in total. The van der Waals surface area contributed by atoms with Crippen LogP contribution in [0.25, 0.3) is 11.0 Å². The Morgan fingerprint density at radius 2 is 1.79 bits per heavy atom. The number of aromatic nitrogens is 2. The normalized spacial score (nSPS) is 18.6. The molecule has 1 aromatic heterocycles. The minimum Gasteiger partial charge on any atom is -0.337 e. The van der Waals surface area contributed by atoms with Crippen molar-refractivity contribution in [1.29, 1.82) is 0 Å². The summed E-state index contributed by atoms with van der Waals surface area (Å²) in [4.78, 5) is 29.8. The zero-order chi connectivity index (χ0) is 21.2. The third-order valence-corrected chi connectivity index (χ3v) is 7.26. The highest BCUT2D eigenvalue weighted by Gasteiger charge is 2.34. The van der Waals surface area contributed by atoms with E-state index in [2.05, 4.69) is 0 Å². The summed E-state index contributed by atoms with van der Waals surface area (Å²) in [5, 5.41) is 0. The number of fused-ring (bicyclic) bond motifs is 1. The maximum absolute atomic E-state index is 13.2. The van der Waals surface area contributed by atoms with Crippen LogP contribution >= 0.6 is 0 Å². The number of benzene rings is 1. The Kier molecular flexibility index (Phi) is 6.48. The third kappa shape index (κ3) is 4.72. The van der Waals surface area contributed by atoms with Crippen LogP contribution in [0.3, 0.4) is 0 Å². The predicted octanol–water partition coefficient (Wildman–Crippen LogP) is 0.790. The molecule has 1 unspecified atom stereocenters. The van der Waals surface area contributed by atoms with E-state index >= 15 is 0 Å². The lowest BCUT2D eigenvalue weighted by molar-refractivity contribution is -0.133. The highest BCUT2D eigenvalue weighted by atomic mass is 32.2. The Hall–Kier alpha value is -2.13. The van der Waals surface area contributed by atoms with Crippen molar-refractivity contribution in [3.8, 4) is 0 Å². The molecule has 0 N–H and O–H groups in total. The number of hydrogen-bond acceptors (Lipinski definition) is 5. The van der Waals surface area contributed by atoms with Crippen molar-refractivity contribution < 1.29 is 13.2 Å². The van der Waals surface area contributed by atoms with Crippen molar-refractivity contribution in [3.63, 3.8) is 0 Å². The van der Waals surface area contributed by atoms with Gasteiger partial charge in [-0.05, 0) is 52.5 Å². The molecule has 1 aliphatic rings. The Labute approximate surface area is 171 Å². The Balaban J connectivity index is 1.87. The molecule has 3 rings (SSSR count). The summed E-state index contributed by atoms with van der Waals surface area (Å²) >= 11 is 0. The maximum Gasteiger partial charge on any atom is 0.329 e. The van der Waals surface area contributed by atoms with E-state index in [0.717, 1.165) is 24.0 Å². The van der Waals surface area contributed by atoms with E-state index in [9.17, 15) is 18.0 Å². The average molecular weight is 423 g/mol. The number of aryl methyl sites for hydroxylation is 1. The number of sulfone groups is 1. The molecule has 1 atom stereocenters. The van der Waals surface area contributed by atoms with E-state index in [-0.39, 0.29) is 35.7 Å². The Morgan fingerprint density at radius 3 is 2.34 bits per heavy atom. The van der Waals surface area contributed by atoms with Crippen molar-refractivity contribution in [2.24, 2.45) is 0 Å². The van der Waals surface area contributed by atoms with Gasteiger partial charge in [-0.25, -0.2) is 13.2 Å². The van der Waals surface area contributed by atoms with Gasteiger partial charge in [-0.1, -0.05) is 12.1 Å². The summed E-state index contributed by atoms with van der Waals surface area (Å²) in [6.07, 6.45) is 1.21. The molecule has 1 amide bonds. The average Bonchev–Trinajstić information content (AvgIpc) is 3.15. The van der Waals surface area contributed by atoms with E-state index in [4.69, 9.17) is 0 Å². The van der Waals surface area contributed by atoms with Gasteiger partial charge in [0.15, 0.2) is 9.84 Å². The van der Waals surface area contributed by atoms with Gasteiger partial charge in [-0.2, -0.15) is 0 Å². The first-order valence-corrected chi connectivity index (χ1v) is 11.9. The largest absolute Gasteiger partial charge is 0.337 e. The highest BCUT2D eigenvalue weighted by Crippen LogP contribution is 2.20. The molecule has 0 radical (unpaired) electrons. The summed E-state index contributed by atoms with van der Waals surface area (Å²) in [5.41, 5.74) is 1.31. The molecule has 2 heterocycles. The first-order valence-electron chi connectivity index (χ1n) is 10.1. The van der Waals surface area contributed by atoms with E-state index < -0.39 is 9.84 Å². The van der Waals surface area contributed by atoms with Gasteiger partial charge in [0, 0.05) is 19.1 Å². The van der Waals surface area contributed by atoms with Crippen LogP contribution in [-0.4, -0.2) is 78.0 Å². The molecule has 0 spiro atoms. The first kappa shape index (κ1) is 21.6. The summed E-state index contributed by atoms with van der Waals surface area (Å²) in [5.74, 6) is -0.0803. The van der Waals surface area contributed by atoms with Crippen LogP contribution in [0.1, 0.15) is 19.8 Å². The number of imidazole rings is 1. The van der Waals surface area contributed by atoms with Gasteiger partial charge < -0.3 is 9.80 Å². The lowest BCUT2D eigenvalue weighted by Crippen LogP contribution is -2.45. The molecule has 1 aromatic carbocycles. The second-order valence-corrected chi connectivity index (χ2v) is 10.1. The van der Waals surface area contributed by atoms with E-state index in [1.165, 1.54) is 4.57 Å². The van der Waals surface area contributed by atoms with Crippen LogP contribution in [-0.2, 0) is 27.7 Å². The molecule has 9 heteroatoms. The second kappa shape index (κ2) is 8.71. The molecule has 0 bridgehead atoms. The lowest BCUT2D eigenvalue weighted by Gasteiger charge is -2.29. The Bertz CT molecular complexity index is 1040. The van der Waals surface area contributed by atoms with Gasteiger partial charge in [0.1, 0.15) is 6.54 Å². The predicted molar refractivity (Wildman–Crippen MR) is 114 cm³/mol. The summed E-state index contributed by atoms with van der Waals surface area (Å²) in [6.45, 7) is 3.63. The molecule has 2 aromatic rings. The van der Waals surface area contributed by atoms with E-state index in [1.807, 2.05) is 50.2 Å². The van der Waals surface area contributed by atoms with Gasteiger partial charge in [0.25, 0.3) is 0 Å². The lowest BCUT2D eigenvalue weighted by atomic mass is 10.2. The highest BCUT2D eigenvalue weighted by molar-refractivity contribution is 7.91. The van der Waals surface area contributed by atoms with Crippen molar-refractivity contribution >= 4 is 26.8 Å². The van der Waals surface area contributed by atoms with Crippen LogP contribution in [0.4, 0.5) is 0 Å². The second-order valence-electron chi connectivity index (χ2n) is 7.90. The fourth-order valence-electron chi connectivity index (χ4n) is 4.05. The monoisotopic (exact) mass is 422 g/mol. The molecule has 0 saturated carbocycles. The van der Waals surface area contributed by atoms with Gasteiger partial charge in [0.05, 0.1) is 22.5 Å². The van der Waals surface area contributed by atoms with E-state index in [1.54, 1.807) is 9.47 Å². The van der Waals surface area contributed by atoms with E-state index in [0.29, 0.717) is 19.5 Å². The van der Waals surface area contributed by atoms with Crippen molar-refractivity contribution in [3.05, 3.63) is 34.7 Å². The molecule has 1 fully saturated rings. The van der Waals surface area contributed by atoms with Crippen molar-refractivity contribution in [2.75, 3.05) is 38.7 Å². The molecule has 1 saturated heterocycles. The Morgan fingerprint density at radius 1 is 1.14 bits per heavy atom. The fourth-order valence-corrected chi connectivity index (χ4v) is 5.78. The minimum absolute atomic E-state index is 0.00627. The summed E-state index contributed by atoms with van der Waals surface area (Å²) in [7, 11) is 0.819. The number of rotatable bonds is 8. The van der Waals surface area contributed by atoms with Gasteiger partial charge in [-0.15, -0.1) is 0 Å². The maximum atomic E-state index is 13.2. The zero-order valence-corrected chi connectivity index (χ0v) is 18.2. The minimum atomic E-state index is -3.11. The van der Waals surface area contributed by atoms with Gasteiger partial charge in [0.2, 0.25) is 5.91 Å². The quantitative estimate of drug-likeness (QED) is 0.628. The molecule has 160 valence electrons. The van der Waals surface area contributed by atoms with Gasteiger partial charge >= 0.3 is 5.69 Å². The molecule has 29 heavy (non-hydrogen) atoms. The van der Waals surface area contributed by atoms with Crippen LogP contribution in [0, 0.1) is 0 Å². The molecule has 0 aliphatic carbocycles. The number of nitrogens with zero attached hydrogens (tertiary/aromatic N) is 4. The molecular weight excluding hydrogens is 392 g/mol. The number of hydrogen-bond donors (Lipinski definition) is 0. The summed E-state index contributed by atoms with van der Waals surface area (Å²) < 4.78 is 27.1. The van der Waals surface area contributed by atoms with Crippen molar-refractivity contribution in [2.45, 2.75) is 38.9 Å². The fraction of sp³-hybridized carbons (Fsp3) is 0.600. The molecular formula is C20H30N4O4S. The number of carbonyl (C=O) groups is 1. The smallest absolute Gasteiger partial charge is 0.329 e. The summed E-state index contributed by atoms with van der Waals surface area (Å²) in [6, 6.07) is 7.12. The third-order valence-electron chi connectivity index (χ3n) is 5.51. The topological polar surface area (TPSA) is 84.6 Å². The SMILES string of the molecule is CCn1c(=O)n(CC(=O)N(CCCN(C)C)C2CCS(=O)(=O)C2)c2ccccc21. The van der Waals surface area contributed by atoms with Crippen molar-refractivity contribution in [1.82, 2.24) is 18.9 Å². The van der Waals surface area contributed by atoms with Crippen LogP contribution < -0.4 is 5.69 Å².